The summed E-state index contributed by atoms with van der Waals surface area (Å²) in [6.07, 6.45) is 0.709. The molecule has 2 heterocycles. The first-order valence-corrected chi connectivity index (χ1v) is 8.81. The number of benzene rings is 1. The van der Waals surface area contributed by atoms with Gasteiger partial charge in [-0.15, -0.1) is 11.8 Å². The first-order chi connectivity index (χ1) is 11.5. The zero-order valence-electron chi connectivity index (χ0n) is 12.8. The SMILES string of the molecule is Nc1ccn(C2SC(COCc3ccc(Cl)cc3)CC2F)c(=O)n1. The van der Waals surface area contributed by atoms with Gasteiger partial charge in [-0.05, 0) is 30.2 Å². The highest BCUT2D eigenvalue weighted by Crippen LogP contribution is 2.42. The average Bonchev–Trinajstić information content (AvgIpc) is 2.90. The second kappa shape index (κ2) is 7.55. The van der Waals surface area contributed by atoms with Crippen LogP contribution in [0.1, 0.15) is 17.4 Å². The van der Waals surface area contributed by atoms with E-state index in [1.54, 1.807) is 12.1 Å². The van der Waals surface area contributed by atoms with Crippen LogP contribution in [0.15, 0.2) is 41.3 Å². The van der Waals surface area contributed by atoms with Crippen LogP contribution in [0.5, 0.6) is 0 Å². The minimum atomic E-state index is -1.12. The summed E-state index contributed by atoms with van der Waals surface area (Å²) in [6, 6.07) is 8.89. The maximum absolute atomic E-state index is 14.3. The maximum Gasteiger partial charge on any atom is 0.350 e. The van der Waals surface area contributed by atoms with Gasteiger partial charge >= 0.3 is 5.69 Å². The van der Waals surface area contributed by atoms with Crippen LogP contribution >= 0.6 is 23.4 Å². The van der Waals surface area contributed by atoms with Crippen LogP contribution in [0, 0.1) is 0 Å². The molecule has 1 fully saturated rings. The van der Waals surface area contributed by atoms with Gasteiger partial charge in [0.2, 0.25) is 0 Å². The number of nitrogen functional groups attached to an aromatic ring is 1. The molecule has 1 aromatic heterocycles. The van der Waals surface area contributed by atoms with Crippen molar-refractivity contribution < 1.29 is 9.13 Å². The molecule has 0 spiro atoms. The normalized spacial score (nSPS) is 23.5. The van der Waals surface area contributed by atoms with Gasteiger partial charge in [-0.2, -0.15) is 4.98 Å². The highest BCUT2D eigenvalue weighted by atomic mass is 35.5. The molecular weight excluding hydrogens is 353 g/mol. The van der Waals surface area contributed by atoms with E-state index in [4.69, 9.17) is 22.1 Å². The number of nitrogens with two attached hydrogens (primary N) is 1. The summed E-state index contributed by atoms with van der Waals surface area (Å²) in [4.78, 5) is 15.5. The number of rotatable bonds is 5. The average molecular weight is 370 g/mol. The van der Waals surface area contributed by atoms with Crippen molar-refractivity contribution in [3.63, 3.8) is 0 Å². The van der Waals surface area contributed by atoms with Gasteiger partial charge in [-0.25, -0.2) is 9.18 Å². The van der Waals surface area contributed by atoms with Gasteiger partial charge in [0, 0.05) is 16.5 Å². The Labute approximate surface area is 148 Å². The molecule has 3 unspecified atom stereocenters. The molecule has 3 rings (SSSR count). The minimum absolute atomic E-state index is 0.0123. The fourth-order valence-corrected chi connectivity index (χ4v) is 4.12. The topological polar surface area (TPSA) is 70.1 Å². The molecule has 2 N–H and O–H groups in total. The fourth-order valence-electron chi connectivity index (χ4n) is 2.56. The van der Waals surface area contributed by atoms with Gasteiger partial charge < -0.3 is 10.5 Å². The third-order valence-electron chi connectivity index (χ3n) is 3.74. The molecule has 128 valence electrons. The number of anilines is 1. The molecule has 0 saturated carbocycles. The third kappa shape index (κ3) is 4.09. The second-order valence-electron chi connectivity index (χ2n) is 5.58. The summed E-state index contributed by atoms with van der Waals surface area (Å²) in [5.41, 5.74) is 5.94. The van der Waals surface area contributed by atoms with E-state index in [0.717, 1.165) is 5.56 Å². The molecular formula is C16H17ClFN3O2S. The van der Waals surface area contributed by atoms with Crippen molar-refractivity contribution in [1.82, 2.24) is 9.55 Å². The third-order valence-corrected chi connectivity index (χ3v) is 5.51. The lowest BCUT2D eigenvalue weighted by molar-refractivity contribution is 0.117. The largest absolute Gasteiger partial charge is 0.383 e. The minimum Gasteiger partial charge on any atom is -0.383 e. The number of nitrogens with zero attached hydrogens (tertiary/aromatic N) is 2. The number of halogens is 2. The van der Waals surface area contributed by atoms with Crippen LogP contribution in [0.25, 0.3) is 0 Å². The van der Waals surface area contributed by atoms with Crippen LogP contribution < -0.4 is 11.4 Å². The van der Waals surface area contributed by atoms with E-state index >= 15 is 0 Å². The molecule has 1 aliphatic heterocycles. The molecule has 24 heavy (non-hydrogen) atoms. The zero-order valence-corrected chi connectivity index (χ0v) is 14.3. The van der Waals surface area contributed by atoms with Crippen molar-refractivity contribution in [3.05, 3.63) is 57.6 Å². The van der Waals surface area contributed by atoms with Crippen LogP contribution in [0.4, 0.5) is 10.2 Å². The van der Waals surface area contributed by atoms with E-state index in [1.807, 2.05) is 12.1 Å². The van der Waals surface area contributed by atoms with E-state index in [9.17, 15) is 9.18 Å². The van der Waals surface area contributed by atoms with E-state index in [1.165, 1.54) is 28.6 Å². The molecule has 3 atom stereocenters. The second-order valence-corrected chi connectivity index (χ2v) is 7.44. The van der Waals surface area contributed by atoms with Crippen LogP contribution in [-0.2, 0) is 11.3 Å². The lowest BCUT2D eigenvalue weighted by atomic mass is 10.2. The van der Waals surface area contributed by atoms with Crippen molar-refractivity contribution in [3.8, 4) is 0 Å². The monoisotopic (exact) mass is 369 g/mol. The molecule has 8 heteroatoms. The highest BCUT2D eigenvalue weighted by molar-refractivity contribution is 8.00. The van der Waals surface area contributed by atoms with E-state index in [2.05, 4.69) is 4.98 Å². The summed E-state index contributed by atoms with van der Waals surface area (Å²) in [7, 11) is 0. The summed E-state index contributed by atoms with van der Waals surface area (Å²) >= 11 is 7.23. The quantitative estimate of drug-likeness (QED) is 0.877. The number of hydrogen-bond acceptors (Lipinski definition) is 5. The number of aromatic nitrogens is 2. The summed E-state index contributed by atoms with van der Waals surface area (Å²) in [5.74, 6) is 0.137. The van der Waals surface area contributed by atoms with Gasteiger partial charge in [0.05, 0.1) is 13.2 Å². The summed E-state index contributed by atoms with van der Waals surface area (Å²) in [5, 5.41) is 0.0762. The van der Waals surface area contributed by atoms with Crippen molar-refractivity contribution >= 4 is 29.2 Å². The first kappa shape index (κ1) is 17.3. The molecule has 1 aliphatic rings. The van der Waals surface area contributed by atoms with E-state index in [0.29, 0.717) is 24.7 Å². The van der Waals surface area contributed by atoms with Gasteiger partial charge in [-0.3, -0.25) is 4.57 Å². The highest BCUT2D eigenvalue weighted by Gasteiger charge is 2.37. The number of alkyl halides is 1. The Morgan fingerprint density at radius 1 is 1.38 bits per heavy atom. The molecule has 1 saturated heterocycles. The number of ether oxygens (including phenoxy) is 1. The molecule has 0 bridgehead atoms. The Balaban J connectivity index is 1.55. The van der Waals surface area contributed by atoms with Crippen LogP contribution in [0.3, 0.4) is 0 Å². The maximum atomic E-state index is 14.3. The molecule has 5 nitrogen and oxygen atoms in total. The van der Waals surface area contributed by atoms with Crippen molar-refractivity contribution in [2.45, 2.75) is 29.8 Å². The van der Waals surface area contributed by atoms with Crippen LogP contribution in [0.2, 0.25) is 5.02 Å². The van der Waals surface area contributed by atoms with E-state index < -0.39 is 17.2 Å². The fraction of sp³-hybridized carbons (Fsp3) is 0.375. The van der Waals surface area contributed by atoms with Gasteiger partial charge in [0.1, 0.15) is 17.4 Å². The lowest BCUT2D eigenvalue weighted by Gasteiger charge is -2.15. The van der Waals surface area contributed by atoms with Crippen LogP contribution in [-0.4, -0.2) is 27.6 Å². The van der Waals surface area contributed by atoms with Crippen molar-refractivity contribution in [2.24, 2.45) is 0 Å². The Morgan fingerprint density at radius 3 is 2.83 bits per heavy atom. The Hall–Kier alpha value is -1.57. The molecule has 0 amide bonds. The number of thioether (sulfide) groups is 1. The molecule has 0 radical (unpaired) electrons. The standard InChI is InChI=1S/C16H17ClFN3O2S/c17-11-3-1-10(2-4-11)8-23-9-12-7-13(18)15(24-12)21-6-5-14(19)20-16(21)22/h1-6,12-13,15H,7-9H2,(H2,19,20,22). The zero-order chi connectivity index (χ0) is 17.1. The van der Waals surface area contributed by atoms with Gasteiger partial charge in [-0.1, -0.05) is 23.7 Å². The summed E-state index contributed by atoms with van der Waals surface area (Å²) < 4.78 is 21.3. The molecule has 1 aromatic carbocycles. The van der Waals surface area contributed by atoms with Gasteiger partial charge in [0.25, 0.3) is 0 Å². The predicted molar refractivity (Wildman–Crippen MR) is 93.9 cm³/mol. The predicted octanol–water partition coefficient (Wildman–Crippen LogP) is 3.04. The Morgan fingerprint density at radius 2 is 2.12 bits per heavy atom. The summed E-state index contributed by atoms with van der Waals surface area (Å²) in [6.45, 7) is 0.862. The smallest absolute Gasteiger partial charge is 0.350 e. The van der Waals surface area contributed by atoms with Gasteiger partial charge in [0.15, 0.2) is 0 Å². The lowest BCUT2D eigenvalue weighted by Crippen LogP contribution is -2.28. The van der Waals surface area contributed by atoms with Crippen molar-refractivity contribution in [1.29, 1.82) is 0 Å². The molecule has 0 aliphatic carbocycles. The molecule has 2 aromatic rings. The Bertz CT molecular complexity index is 756. The first-order valence-electron chi connectivity index (χ1n) is 7.49. The Kier molecular flexibility index (Phi) is 5.43. The van der Waals surface area contributed by atoms with E-state index in [-0.39, 0.29) is 11.1 Å². The number of hydrogen-bond donors (Lipinski definition) is 1. The van der Waals surface area contributed by atoms with Crippen molar-refractivity contribution in [2.75, 3.05) is 12.3 Å².